The number of esters is 1. The first-order chi connectivity index (χ1) is 10.0. The molecule has 1 aliphatic rings. The number of methoxy groups -OCH3 is 1. The van der Waals surface area contributed by atoms with Crippen LogP contribution in [0.2, 0.25) is 0 Å². The maximum absolute atomic E-state index is 13.9. The fourth-order valence-corrected chi connectivity index (χ4v) is 2.08. The lowest BCUT2D eigenvalue weighted by Gasteiger charge is -2.17. The van der Waals surface area contributed by atoms with Crippen LogP contribution in [0, 0.1) is 5.82 Å². The summed E-state index contributed by atoms with van der Waals surface area (Å²) in [4.78, 5) is 24.0. The lowest BCUT2D eigenvalue weighted by molar-refractivity contribution is -0.119. The van der Waals surface area contributed by atoms with Crippen LogP contribution >= 0.6 is 0 Å². The van der Waals surface area contributed by atoms with Crippen LogP contribution in [0.5, 0.6) is 0 Å². The number of benzene rings is 1. The quantitative estimate of drug-likeness (QED) is 0.837. The number of anilines is 1. The third-order valence-electron chi connectivity index (χ3n) is 3.19. The summed E-state index contributed by atoms with van der Waals surface area (Å²) in [7, 11) is 1.20. The van der Waals surface area contributed by atoms with Crippen LogP contribution in [0.4, 0.5) is 10.1 Å². The Bertz CT molecular complexity index is 550. The number of hydrogen-bond donors (Lipinski definition) is 1. The summed E-state index contributed by atoms with van der Waals surface area (Å²) in [6, 6.07) is 4.30. The van der Waals surface area contributed by atoms with Gasteiger partial charge in [0, 0.05) is 25.7 Å². The Labute approximate surface area is 121 Å². The van der Waals surface area contributed by atoms with E-state index in [0.717, 1.165) is 0 Å². The Morgan fingerprint density at radius 1 is 1.52 bits per heavy atom. The van der Waals surface area contributed by atoms with Gasteiger partial charge in [0.05, 0.1) is 18.8 Å². The molecule has 0 bridgehead atoms. The van der Waals surface area contributed by atoms with Gasteiger partial charge in [-0.2, -0.15) is 0 Å². The van der Waals surface area contributed by atoms with Crippen molar-refractivity contribution in [2.45, 2.75) is 13.0 Å². The maximum atomic E-state index is 13.9. The average molecular weight is 296 g/mol. The molecule has 0 spiro atoms. The molecule has 0 saturated carbocycles. The largest absolute Gasteiger partial charge is 0.465 e. The predicted molar refractivity (Wildman–Crippen MR) is 73.5 cm³/mol. The first kappa shape index (κ1) is 15.2. The topological polar surface area (TPSA) is 67.9 Å². The highest BCUT2D eigenvalue weighted by atomic mass is 19.1. The van der Waals surface area contributed by atoms with Crippen LogP contribution in [-0.2, 0) is 14.3 Å². The van der Waals surface area contributed by atoms with E-state index in [4.69, 9.17) is 4.74 Å². The highest BCUT2D eigenvalue weighted by Gasteiger charge is 2.24. The summed E-state index contributed by atoms with van der Waals surface area (Å²) in [5.41, 5.74) is 0.515. The third-order valence-corrected chi connectivity index (χ3v) is 3.19. The highest BCUT2D eigenvalue weighted by molar-refractivity contribution is 5.90. The van der Waals surface area contributed by atoms with Crippen LogP contribution in [0.15, 0.2) is 18.2 Å². The maximum Gasteiger partial charge on any atom is 0.340 e. The van der Waals surface area contributed by atoms with Crippen molar-refractivity contribution in [1.29, 1.82) is 0 Å². The van der Waals surface area contributed by atoms with Gasteiger partial charge in [-0.1, -0.05) is 0 Å². The van der Waals surface area contributed by atoms with Crippen molar-refractivity contribution in [2.24, 2.45) is 0 Å². The van der Waals surface area contributed by atoms with Gasteiger partial charge in [0.2, 0.25) is 5.91 Å². The standard InChI is InChI=1S/C14H17FN2O4/c1-9(18)16-6-11-7-17(8-21-11)10-3-4-12(13(15)5-10)14(19)20-2/h3-5,11H,6-8H2,1-2H3,(H,16,18)/t11-/m0/s1. The minimum atomic E-state index is -0.708. The van der Waals surface area contributed by atoms with Gasteiger partial charge in [0.25, 0.3) is 0 Å². The van der Waals surface area contributed by atoms with Gasteiger partial charge in [-0.05, 0) is 18.2 Å². The number of carbonyl (C=O) groups is 2. The van der Waals surface area contributed by atoms with Gasteiger partial charge in [0.1, 0.15) is 12.5 Å². The molecule has 1 amide bonds. The number of halogens is 1. The molecule has 1 N–H and O–H groups in total. The van der Waals surface area contributed by atoms with Crippen molar-refractivity contribution < 1.29 is 23.5 Å². The lowest BCUT2D eigenvalue weighted by atomic mass is 10.2. The molecule has 1 aromatic rings. The van der Waals surface area contributed by atoms with Gasteiger partial charge in [-0.15, -0.1) is 0 Å². The summed E-state index contributed by atoms with van der Waals surface area (Å²) in [5, 5.41) is 2.68. The Hall–Kier alpha value is -2.15. The number of carbonyl (C=O) groups excluding carboxylic acids is 2. The van der Waals surface area contributed by atoms with E-state index >= 15 is 0 Å². The van der Waals surface area contributed by atoms with E-state index in [9.17, 15) is 14.0 Å². The molecule has 7 heteroatoms. The van der Waals surface area contributed by atoms with Gasteiger partial charge in [-0.3, -0.25) is 4.79 Å². The van der Waals surface area contributed by atoms with E-state index in [2.05, 4.69) is 10.1 Å². The highest BCUT2D eigenvalue weighted by Crippen LogP contribution is 2.22. The van der Waals surface area contributed by atoms with Crippen molar-refractivity contribution in [1.82, 2.24) is 5.32 Å². The zero-order valence-electron chi connectivity index (χ0n) is 11.9. The second kappa shape index (κ2) is 6.53. The van der Waals surface area contributed by atoms with Crippen LogP contribution in [0.3, 0.4) is 0 Å². The molecule has 1 fully saturated rings. The summed E-state index contributed by atoms with van der Waals surface area (Å²) in [6.07, 6.45) is -0.141. The van der Waals surface area contributed by atoms with Crippen LogP contribution in [0.1, 0.15) is 17.3 Å². The lowest BCUT2D eigenvalue weighted by Crippen LogP contribution is -2.33. The van der Waals surface area contributed by atoms with Crippen molar-refractivity contribution in [3.63, 3.8) is 0 Å². The molecule has 0 unspecified atom stereocenters. The molecule has 0 aromatic heterocycles. The summed E-state index contributed by atoms with van der Waals surface area (Å²) in [6.45, 7) is 2.70. The van der Waals surface area contributed by atoms with Crippen LogP contribution < -0.4 is 10.2 Å². The Morgan fingerprint density at radius 2 is 2.29 bits per heavy atom. The zero-order valence-corrected chi connectivity index (χ0v) is 11.9. The molecule has 6 nitrogen and oxygen atoms in total. The zero-order chi connectivity index (χ0) is 15.4. The molecule has 1 heterocycles. The molecule has 2 rings (SSSR count). The summed E-state index contributed by atoms with van der Waals surface area (Å²) < 4.78 is 23.9. The molecule has 0 radical (unpaired) electrons. The van der Waals surface area contributed by atoms with Crippen molar-refractivity contribution in [3.05, 3.63) is 29.6 Å². The second-order valence-corrected chi connectivity index (χ2v) is 4.73. The van der Waals surface area contributed by atoms with Crippen LogP contribution in [-0.4, -0.2) is 44.9 Å². The summed E-state index contributed by atoms with van der Waals surface area (Å²) >= 11 is 0. The van der Waals surface area contributed by atoms with E-state index in [1.54, 1.807) is 6.07 Å². The van der Waals surface area contributed by atoms with Crippen molar-refractivity contribution in [3.8, 4) is 0 Å². The van der Waals surface area contributed by atoms with E-state index in [1.165, 1.54) is 26.2 Å². The third kappa shape index (κ3) is 3.69. The van der Waals surface area contributed by atoms with Gasteiger partial charge >= 0.3 is 5.97 Å². The smallest absolute Gasteiger partial charge is 0.340 e. The van der Waals surface area contributed by atoms with E-state index in [1.807, 2.05) is 4.90 Å². The van der Waals surface area contributed by atoms with Crippen LogP contribution in [0.25, 0.3) is 0 Å². The van der Waals surface area contributed by atoms with Crippen molar-refractivity contribution in [2.75, 3.05) is 31.8 Å². The number of ether oxygens (including phenoxy) is 2. The molecular weight excluding hydrogens is 279 g/mol. The molecule has 1 aliphatic heterocycles. The first-order valence-corrected chi connectivity index (χ1v) is 6.50. The van der Waals surface area contributed by atoms with Crippen molar-refractivity contribution >= 4 is 17.6 Å². The number of hydrogen-bond acceptors (Lipinski definition) is 5. The van der Waals surface area contributed by atoms with E-state index in [0.29, 0.717) is 25.5 Å². The number of nitrogens with zero attached hydrogens (tertiary/aromatic N) is 1. The predicted octanol–water partition coefficient (Wildman–Crippen LogP) is 0.911. The summed E-state index contributed by atoms with van der Waals surface area (Å²) in [5.74, 6) is -1.46. The number of nitrogens with one attached hydrogen (secondary N) is 1. The molecule has 21 heavy (non-hydrogen) atoms. The van der Waals surface area contributed by atoms with Gasteiger partial charge in [0.15, 0.2) is 0 Å². The number of rotatable bonds is 4. The SMILES string of the molecule is COC(=O)c1ccc(N2CO[C@@H](CNC(C)=O)C2)cc1F. The molecule has 0 aliphatic carbocycles. The Kier molecular flexibility index (Phi) is 4.74. The average Bonchev–Trinajstić information content (AvgIpc) is 2.93. The van der Waals surface area contributed by atoms with E-state index in [-0.39, 0.29) is 17.6 Å². The van der Waals surface area contributed by atoms with Gasteiger partial charge < -0.3 is 19.7 Å². The molecular formula is C14H17FN2O4. The molecule has 1 aromatic carbocycles. The fourth-order valence-electron chi connectivity index (χ4n) is 2.08. The second-order valence-electron chi connectivity index (χ2n) is 4.73. The van der Waals surface area contributed by atoms with E-state index < -0.39 is 11.8 Å². The normalized spacial score (nSPS) is 17.7. The molecule has 114 valence electrons. The molecule has 1 saturated heterocycles. The Balaban J connectivity index is 2.02. The molecule has 1 atom stereocenters. The fraction of sp³-hybridized carbons (Fsp3) is 0.429. The number of amides is 1. The van der Waals surface area contributed by atoms with Gasteiger partial charge in [-0.25, -0.2) is 9.18 Å². The minimum absolute atomic E-state index is 0.101. The monoisotopic (exact) mass is 296 g/mol. The Morgan fingerprint density at radius 3 is 2.90 bits per heavy atom. The first-order valence-electron chi connectivity index (χ1n) is 6.50. The minimum Gasteiger partial charge on any atom is -0.465 e.